The fourth-order valence-electron chi connectivity index (χ4n) is 4.20. The maximum Gasteiger partial charge on any atom is 0.246 e. The summed E-state index contributed by atoms with van der Waals surface area (Å²) in [6.45, 7) is 1.38. The molecule has 176 valence electrons. The highest BCUT2D eigenvalue weighted by Gasteiger charge is 2.35. The van der Waals surface area contributed by atoms with Crippen molar-refractivity contribution < 1.29 is 13.6 Å². The molecule has 0 aliphatic carbocycles. The third-order valence-corrected chi connectivity index (χ3v) is 6.33. The van der Waals surface area contributed by atoms with Gasteiger partial charge in [0.2, 0.25) is 5.91 Å². The van der Waals surface area contributed by atoms with Crippen molar-refractivity contribution in [3.05, 3.63) is 107 Å². The number of pyridine rings is 1. The lowest BCUT2D eigenvalue weighted by atomic mass is 9.99. The zero-order valence-electron chi connectivity index (χ0n) is 18.7. The number of likely N-dealkylation sites (tertiary alicyclic amines) is 1. The predicted molar refractivity (Wildman–Crippen MR) is 130 cm³/mol. The van der Waals surface area contributed by atoms with Crippen LogP contribution in [0.5, 0.6) is 0 Å². The van der Waals surface area contributed by atoms with E-state index in [2.05, 4.69) is 4.98 Å². The molecule has 1 aliphatic heterocycles. The number of carbonyl (C=O) groups excluding carboxylic acids is 1. The Morgan fingerprint density at radius 3 is 2.56 bits per heavy atom. The van der Waals surface area contributed by atoms with Gasteiger partial charge in [-0.05, 0) is 54.0 Å². The van der Waals surface area contributed by atoms with Crippen LogP contribution in [0.1, 0.15) is 23.2 Å². The number of amides is 1. The molecule has 1 aromatic heterocycles. The molecule has 2 unspecified atom stereocenters. The second-order valence-electron chi connectivity index (χ2n) is 8.36. The van der Waals surface area contributed by atoms with Gasteiger partial charge in [0, 0.05) is 43.0 Å². The number of nitrogens with zero attached hydrogens (tertiary/aromatic N) is 3. The number of aromatic nitrogens is 1. The van der Waals surface area contributed by atoms with Gasteiger partial charge in [-0.15, -0.1) is 0 Å². The third-order valence-electron chi connectivity index (χ3n) is 5.99. The molecule has 1 amide bonds. The fourth-order valence-corrected chi connectivity index (χ4v) is 4.39. The number of alkyl halides is 1. The normalized spacial score (nSPS) is 18.5. The summed E-state index contributed by atoms with van der Waals surface area (Å²) in [4.78, 5) is 20.6. The molecule has 1 aliphatic rings. The Hall–Kier alpha value is -3.09. The van der Waals surface area contributed by atoms with Crippen LogP contribution in [-0.2, 0) is 17.9 Å². The SMILES string of the molecule is O=C(/C=C\c1ccccc1Cl)N1CCC(N(Cc2ccc(F)cc2)Cc2ccccn2)C(F)C1. The number of piperidine rings is 1. The Labute approximate surface area is 203 Å². The molecule has 0 radical (unpaired) electrons. The smallest absolute Gasteiger partial charge is 0.246 e. The van der Waals surface area contributed by atoms with E-state index in [-0.39, 0.29) is 24.3 Å². The molecule has 1 saturated heterocycles. The van der Waals surface area contributed by atoms with Gasteiger partial charge in [0.25, 0.3) is 0 Å². The van der Waals surface area contributed by atoms with Gasteiger partial charge in [0.1, 0.15) is 12.0 Å². The molecule has 2 heterocycles. The summed E-state index contributed by atoms with van der Waals surface area (Å²) in [5.41, 5.74) is 2.47. The number of carbonyl (C=O) groups is 1. The van der Waals surface area contributed by atoms with Crippen LogP contribution in [0.3, 0.4) is 0 Å². The summed E-state index contributed by atoms with van der Waals surface area (Å²) in [7, 11) is 0. The van der Waals surface area contributed by atoms with E-state index in [0.29, 0.717) is 31.1 Å². The summed E-state index contributed by atoms with van der Waals surface area (Å²) in [5, 5.41) is 0.555. The zero-order chi connectivity index (χ0) is 23.9. The van der Waals surface area contributed by atoms with Crippen molar-refractivity contribution >= 4 is 23.6 Å². The van der Waals surface area contributed by atoms with E-state index in [9.17, 15) is 9.18 Å². The lowest BCUT2D eigenvalue weighted by molar-refractivity contribution is -0.129. The summed E-state index contributed by atoms with van der Waals surface area (Å²) in [6.07, 6.45) is 4.08. The van der Waals surface area contributed by atoms with Gasteiger partial charge in [-0.2, -0.15) is 0 Å². The van der Waals surface area contributed by atoms with Gasteiger partial charge in [-0.1, -0.05) is 48.0 Å². The maximum atomic E-state index is 15.4. The minimum Gasteiger partial charge on any atom is -0.336 e. The molecule has 7 heteroatoms. The van der Waals surface area contributed by atoms with Crippen LogP contribution in [0.2, 0.25) is 5.02 Å². The van der Waals surface area contributed by atoms with Gasteiger partial charge < -0.3 is 4.90 Å². The minimum atomic E-state index is -1.23. The molecule has 0 bridgehead atoms. The van der Waals surface area contributed by atoms with E-state index in [1.165, 1.54) is 23.1 Å². The van der Waals surface area contributed by atoms with Crippen molar-refractivity contribution in [3.63, 3.8) is 0 Å². The molecule has 1 fully saturated rings. The van der Waals surface area contributed by atoms with Crippen LogP contribution < -0.4 is 0 Å². The van der Waals surface area contributed by atoms with E-state index in [1.807, 2.05) is 41.3 Å². The molecular weight excluding hydrogens is 456 g/mol. The van der Waals surface area contributed by atoms with E-state index in [4.69, 9.17) is 11.6 Å². The molecule has 0 spiro atoms. The molecule has 2 atom stereocenters. The highest BCUT2D eigenvalue weighted by Crippen LogP contribution is 2.24. The minimum absolute atomic E-state index is 0.0124. The highest BCUT2D eigenvalue weighted by atomic mass is 35.5. The number of hydrogen-bond donors (Lipinski definition) is 0. The number of halogens is 3. The lowest BCUT2D eigenvalue weighted by Crippen LogP contribution is -2.53. The molecule has 3 aromatic rings. The van der Waals surface area contributed by atoms with E-state index >= 15 is 4.39 Å². The predicted octanol–water partition coefficient (Wildman–Crippen LogP) is 5.53. The number of benzene rings is 2. The zero-order valence-corrected chi connectivity index (χ0v) is 19.4. The van der Waals surface area contributed by atoms with Crippen molar-refractivity contribution in [2.75, 3.05) is 13.1 Å². The molecule has 0 saturated carbocycles. The molecule has 0 N–H and O–H groups in total. The number of rotatable bonds is 7. The largest absolute Gasteiger partial charge is 0.336 e. The topological polar surface area (TPSA) is 36.4 Å². The van der Waals surface area contributed by atoms with Crippen molar-refractivity contribution in [2.45, 2.75) is 31.7 Å². The molecule has 34 heavy (non-hydrogen) atoms. The van der Waals surface area contributed by atoms with Crippen LogP contribution in [0.4, 0.5) is 8.78 Å². The van der Waals surface area contributed by atoms with Crippen molar-refractivity contribution in [3.8, 4) is 0 Å². The Bertz CT molecular complexity index is 1120. The summed E-state index contributed by atoms with van der Waals surface area (Å²) < 4.78 is 28.8. The van der Waals surface area contributed by atoms with Gasteiger partial charge in [0.05, 0.1) is 12.2 Å². The monoisotopic (exact) mass is 481 g/mol. The van der Waals surface area contributed by atoms with Gasteiger partial charge in [0.15, 0.2) is 0 Å². The Morgan fingerprint density at radius 2 is 1.85 bits per heavy atom. The van der Waals surface area contributed by atoms with Crippen LogP contribution in [0.15, 0.2) is 79.0 Å². The van der Waals surface area contributed by atoms with Gasteiger partial charge in [-0.3, -0.25) is 14.7 Å². The van der Waals surface area contributed by atoms with Crippen molar-refractivity contribution in [1.82, 2.24) is 14.8 Å². The maximum absolute atomic E-state index is 15.4. The lowest BCUT2D eigenvalue weighted by Gasteiger charge is -2.40. The summed E-state index contributed by atoms with van der Waals surface area (Å²) >= 11 is 6.14. The third kappa shape index (κ3) is 6.27. The Morgan fingerprint density at radius 1 is 1.09 bits per heavy atom. The quantitative estimate of drug-likeness (QED) is 0.416. The number of hydrogen-bond acceptors (Lipinski definition) is 3. The second kappa shape index (κ2) is 11.4. The first-order chi connectivity index (χ1) is 16.5. The van der Waals surface area contributed by atoms with Gasteiger partial charge in [-0.25, -0.2) is 8.78 Å². The summed E-state index contributed by atoms with van der Waals surface area (Å²) in [6, 6.07) is 18.8. The Balaban J connectivity index is 1.45. The summed E-state index contributed by atoms with van der Waals surface area (Å²) in [5.74, 6) is -0.545. The van der Waals surface area contributed by atoms with Crippen LogP contribution in [0, 0.1) is 5.82 Å². The fraction of sp³-hybridized carbons (Fsp3) is 0.259. The Kier molecular flexibility index (Phi) is 8.03. The average molecular weight is 482 g/mol. The molecule has 2 aromatic carbocycles. The molecule has 4 rings (SSSR count). The van der Waals surface area contributed by atoms with E-state index < -0.39 is 6.17 Å². The van der Waals surface area contributed by atoms with Crippen LogP contribution in [0.25, 0.3) is 6.08 Å². The van der Waals surface area contributed by atoms with E-state index in [0.717, 1.165) is 16.8 Å². The first-order valence-corrected chi connectivity index (χ1v) is 11.6. The highest BCUT2D eigenvalue weighted by molar-refractivity contribution is 6.32. The molecular formula is C27H26ClF2N3O. The van der Waals surface area contributed by atoms with Crippen molar-refractivity contribution in [2.24, 2.45) is 0 Å². The average Bonchev–Trinajstić information content (AvgIpc) is 2.85. The molecule has 4 nitrogen and oxygen atoms in total. The van der Waals surface area contributed by atoms with Crippen LogP contribution >= 0.6 is 11.6 Å². The van der Waals surface area contributed by atoms with Gasteiger partial charge >= 0.3 is 0 Å². The second-order valence-corrected chi connectivity index (χ2v) is 8.77. The first kappa shape index (κ1) is 24.0. The van der Waals surface area contributed by atoms with E-state index in [1.54, 1.807) is 30.5 Å². The van der Waals surface area contributed by atoms with Crippen LogP contribution in [-0.4, -0.2) is 46.0 Å². The van der Waals surface area contributed by atoms with Crippen molar-refractivity contribution in [1.29, 1.82) is 0 Å². The first-order valence-electron chi connectivity index (χ1n) is 11.2. The standard InChI is InChI=1S/C27H26ClF2N3O/c28-24-7-2-1-5-21(24)10-13-27(34)32-16-14-26(25(30)19-32)33(18-23-6-3-4-15-31-23)17-20-8-11-22(29)12-9-20/h1-13,15,25-26H,14,16-19H2/b13-10-.